The minimum Gasteiger partial charge on any atom is -0.472 e. The molecule has 2 N–H and O–H groups in total. The number of nitrogens with one attached hydrogen (secondary N) is 1. The van der Waals surface area contributed by atoms with E-state index >= 15 is 0 Å². The number of hydrogen-bond acceptors (Lipinski definition) is 4. The van der Waals surface area contributed by atoms with E-state index in [1.165, 1.54) is 0 Å². The minimum atomic E-state index is -1.11. The zero-order chi connectivity index (χ0) is 14.5. The summed E-state index contributed by atoms with van der Waals surface area (Å²) in [6.07, 6.45) is -1.11. The summed E-state index contributed by atoms with van der Waals surface area (Å²) < 4.78 is 11.1. The molecule has 1 aromatic heterocycles. The molecule has 0 saturated heterocycles. The fourth-order valence-electron chi connectivity index (χ4n) is 1.65. The van der Waals surface area contributed by atoms with Crippen molar-refractivity contribution in [2.24, 2.45) is 0 Å². The van der Waals surface area contributed by atoms with Crippen molar-refractivity contribution in [3.05, 3.63) is 46.1 Å². The van der Waals surface area contributed by atoms with Crippen LogP contribution in [-0.2, 0) is 0 Å². The molecule has 1 unspecified atom stereocenters. The molecule has 7 heteroatoms. The van der Waals surface area contributed by atoms with E-state index < -0.39 is 12.1 Å². The van der Waals surface area contributed by atoms with Crippen molar-refractivity contribution in [2.45, 2.75) is 13.0 Å². The van der Waals surface area contributed by atoms with Gasteiger partial charge in [0.15, 0.2) is 5.76 Å². The van der Waals surface area contributed by atoms with Crippen molar-refractivity contribution in [3.63, 3.8) is 0 Å². The second-order valence-corrected chi connectivity index (χ2v) is 4.87. The standard InChI is InChI=1S/C13H13BrN2O4/c1-8-11(14)12(16-20-8)19-7-10(15-13(17)18)9-5-3-2-4-6-9/h2-6,10,15H,7H2,1H3,(H,17,18). The van der Waals surface area contributed by atoms with E-state index in [9.17, 15) is 4.79 Å². The highest BCUT2D eigenvalue weighted by molar-refractivity contribution is 9.10. The third-order valence-corrected chi connectivity index (χ3v) is 3.55. The first kappa shape index (κ1) is 14.4. The van der Waals surface area contributed by atoms with Crippen LogP contribution in [0.25, 0.3) is 0 Å². The van der Waals surface area contributed by atoms with Crippen molar-refractivity contribution < 1.29 is 19.2 Å². The predicted octanol–water partition coefficient (Wildman–Crippen LogP) is 3.13. The number of aromatic nitrogens is 1. The molecule has 2 aromatic rings. The van der Waals surface area contributed by atoms with Crippen molar-refractivity contribution in [1.29, 1.82) is 0 Å². The first-order valence-electron chi connectivity index (χ1n) is 5.87. The lowest BCUT2D eigenvalue weighted by Crippen LogP contribution is -2.31. The molecule has 1 atom stereocenters. The van der Waals surface area contributed by atoms with Crippen molar-refractivity contribution in [1.82, 2.24) is 10.5 Å². The van der Waals surface area contributed by atoms with Gasteiger partial charge in [0, 0.05) is 0 Å². The van der Waals surface area contributed by atoms with Crippen LogP contribution in [0, 0.1) is 6.92 Å². The van der Waals surface area contributed by atoms with Gasteiger partial charge in [-0.3, -0.25) is 0 Å². The number of amides is 1. The number of carbonyl (C=O) groups is 1. The summed E-state index contributed by atoms with van der Waals surface area (Å²) in [5.41, 5.74) is 0.811. The van der Waals surface area contributed by atoms with E-state index in [4.69, 9.17) is 14.4 Å². The van der Waals surface area contributed by atoms with Crippen molar-refractivity contribution >= 4 is 22.0 Å². The zero-order valence-electron chi connectivity index (χ0n) is 10.7. The van der Waals surface area contributed by atoms with Crippen molar-refractivity contribution in [2.75, 3.05) is 6.61 Å². The molecular formula is C13H13BrN2O4. The summed E-state index contributed by atoms with van der Waals surface area (Å²) in [6.45, 7) is 1.86. The second kappa shape index (κ2) is 6.42. The highest BCUT2D eigenvalue weighted by Gasteiger charge is 2.17. The molecule has 0 aliphatic rings. The molecule has 2 rings (SSSR count). The molecule has 1 amide bonds. The van der Waals surface area contributed by atoms with Gasteiger partial charge in [-0.15, -0.1) is 0 Å². The number of hydrogen-bond donors (Lipinski definition) is 2. The number of benzene rings is 1. The van der Waals surface area contributed by atoms with Crippen LogP contribution in [0.5, 0.6) is 5.88 Å². The Morgan fingerprint density at radius 3 is 2.75 bits per heavy atom. The lowest BCUT2D eigenvalue weighted by molar-refractivity contribution is 0.179. The van der Waals surface area contributed by atoms with Gasteiger partial charge in [0.05, 0.1) is 6.04 Å². The van der Waals surface area contributed by atoms with Crippen LogP contribution in [0.4, 0.5) is 4.79 Å². The molecule has 0 bridgehead atoms. The third kappa shape index (κ3) is 3.51. The monoisotopic (exact) mass is 340 g/mol. The summed E-state index contributed by atoms with van der Waals surface area (Å²) in [6, 6.07) is 8.70. The molecule has 106 valence electrons. The Labute approximate surface area is 123 Å². The number of rotatable bonds is 5. The van der Waals surface area contributed by atoms with Gasteiger partial charge in [0.2, 0.25) is 0 Å². The number of nitrogens with zero attached hydrogens (tertiary/aromatic N) is 1. The molecule has 1 heterocycles. The zero-order valence-corrected chi connectivity index (χ0v) is 12.3. The fourth-order valence-corrected chi connectivity index (χ4v) is 1.91. The first-order chi connectivity index (χ1) is 9.58. The number of halogens is 1. The highest BCUT2D eigenvalue weighted by atomic mass is 79.9. The van der Waals surface area contributed by atoms with Gasteiger partial charge in [-0.1, -0.05) is 30.3 Å². The molecule has 0 radical (unpaired) electrons. The summed E-state index contributed by atoms with van der Waals surface area (Å²) in [5.74, 6) is 0.901. The van der Waals surface area contributed by atoms with Crippen LogP contribution >= 0.6 is 15.9 Å². The highest BCUT2D eigenvalue weighted by Crippen LogP contribution is 2.27. The largest absolute Gasteiger partial charge is 0.472 e. The maximum atomic E-state index is 10.9. The van der Waals surface area contributed by atoms with Gasteiger partial charge in [0.25, 0.3) is 5.88 Å². The van der Waals surface area contributed by atoms with Gasteiger partial charge in [0.1, 0.15) is 11.1 Å². The van der Waals surface area contributed by atoms with Crippen LogP contribution in [0.2, 0.25) is 0 Å². The minimum absolute atomic E-state index is 0.112. The Bertz CT molecular complexity index is 585. The Balaban J connectivity index is 2.09. The SMILES string of the molecule is Cc1onc(OCC(NC(=O)O)c2ccccc2)c1Br. The van der Waals surface area contributed by atoms with E-state index in [2.05, 4.69) is 26.4 Å². The number of ether oxygens (including phenoxy) is 1. The van der Waals surface area contributed by atoms with Crippen molar-refractivity contribution in [3.8, 4) is 5.88 Å². The van der Waals surface area contributed by atoms with E-state index in [0.29, 0.717) is 16.1 Å². The third-order valence-electron chi connectivity index (χ3n) is 2.65. The van der Waals surface area contributed by atoms with Crippen LogP contribution < -0.4 is 10.1 Å². The molecule has 1 aromatic carbocycles. The predicted molar refractivity (Wildman–Crippen MR) is 74.8 cm³/mol. The molecule has 6 nitrogen and oxygen atoms in total. The Morgan fingerprint density at radius 2 is 2.20 bits per heavy atom. The van der Waals surface area contributed by atoms with Gasteiger partial charge in [-0.25, -0.2) is 4.79 Å². The Hall–Kier alpha value is -2.02. The molecule has 20 heavy (non-hydrogen) atoms. The first-order valence-corrected chi connectivity index (χ1v) is 6.66. The Morgan fingerprint density at radius 1 is 1.50 bits per heavy atom. The Kier molecular flexibility index (Phi) is 4.62. The molecular weight excluding hydrogens is 328 g/mol. The van der Waals surface area contributed by atoms with Gasteiger partial charge < -0.3 is 19.7 Å². The lowest BCUT2D eigenvalue weighted by atomic mass is 10.1. The molecule has 0 fully saturated rings. The summed E-state index contributed by atoms with van der Waals surface area (Å²) >= 11 is 3.29. The molecule has 0 aliphatic carbocycles. The summed E-state index contributed by atoms with van der Waals surface area (Å²) in [4.78, 5) is 10.9. The summed E-state index contributed by atoms with van der Waals surface area (Å²) in [7, 11) is 0. The van der Waals surface area contributed by atoms with Gasteiger partial charge in [-0.05, 0) is 33.6 Å². The van der Waals surface area contributed by atoms with Crippen LogP contribution in [-0.4, -0.2) is 23.0 Å². The molecule has 0 saturated carbocycles. The van der Waals surface area contributed by atoms with E-state index in [1.54, 1.807) is 6.92 Å². The van der Waals surface area contributed by atoms with Crippen LogP contribution in [0.1, 0.15) is 17.4 Å². The maximum absolute atomic E-state index is 10.9. The smallest absolute Gasteiger partial charge is 0.405 e. The van der Waals surface area contributed by atoms with E-state index in [0.717, 1.165) is 5.56 Å². The van der Waals surface area contributed by atoms with Gasteiger partial charge in [-0.2, -0.15) is 0 Å². The van der Waals surface area contributed by atoms with E-state index in [-0.39, 0.29) is 6.61 Å². The normalized spacial score (nSPS) is 11.9. The quantitative estimate of drug-likeness (QED) is 0.873. The molecule has 0 aliphatic heterocycles. The van der Waals surface area contributed by atoms with Gasteiger partial charge >= 0.3 is 6.09 Å². The number of aryl methyl sites for hydroxylation is 1. The van der Waals surface area contributed by atoms with Crippen LogP contribution in [0.15, 0.2) is 39.3 Å². The molecule has 0 spiro atoms. The lowest BCUT2D eigenvalue weighted by Gasteiger charge is -2.17. The fraction of sp³-hybridized carbons (Fsp3) is 0.231. The second-order valence-electron chi connectivity index (χ2n) is 4.08. The summed E-state index contributed by atoms with van der Waals surface area (Å²) in [5, 5.41) is 15.0. The maximum Gasteiger partial charge on any atom is 0.405 e. The van der Waals surface area contributed by atoms with E-state index in [1.807, 2.05) is 30.3 Å². The topological polar surface area (TPSA) is 84.6 Å². The number of carboxylic acid groups (broad SMARTS) is 1. The average molecular weight is 341 g/mol. The average Bonchev–Trinajstić information content (AvgIpc) is 2.75. The van der Waals surface area contributed by atoms with Crippen LogP contribution in [0.3, 0.4) is 0 Å².